The van der Waals surface area contributed by atoms with Crippen molar-refractivity contribution in [3.05, 3.63) is 24.4 Å². The highest BCUT2D eigenvalue weighted by atomic mass is 16.5. The van der Waals surface area contributed by atoms with Gasteiger partial charge in [0.1, 0.15) is 0 Å². The van der Waals surface area contributed by atoms with Crippen molar-refractivity contribution in [2.45, 2.75) is 19.8 Å². The lowest BCUT2D eigenvalue weighted by Gasteiger charge is -2.05. The Labute approximate surface area is 99.5 Å². The van der Waals surface area contributed by atoms with Gasteiger partial charge in [0.05, 0.1) is 0 Å². The molecule has 90 valence electrons. The van der Waals surface area contributed by atoms with E-state index in [0.29, 0.717) is 17.5 Å². The van der Waals surface area contributed by atoms with Crippen LogP contribution in [0.3, 0.4) is 0 Å². The summed E-state index contributed by atoms with van der Waals surface area (Å²) in [5, 5.41) is 7.11. The van der Waals surface area contributed by atoms with E-state index in [9.17, 15) is 0 Å². The zero-order chi connectivity index (χ0) is 12.1. The van der Waals surface area contributed by atoms with Gasteiger partial charge in [0.15, 0.2) is 0 Å². The average molecular weight is 233 g/mol. The van der Waals surface area contributed by atoms with Gasteiger partial charge in [-0.3, -0.25) is 0 Å². The molecule has 17 heavy (non-hydrogen) atoms. The van der Waals surface area contributed by atoms with E-state index in [4.69, 9.17) is 4.52 Å². The van der Waals surface area contributed by atoms with Crippen LogP contribution in [0.4, 0.5) is 0 Å². The molecule has 0 fully saturated rings. The zero-order valence-corrected chi connectivity index (χ0v) is 9.92. The Balaban J connectivity index is 2.11. The van der Waals surface area contributed by atoms with Crippen molar-refractivity contribution >= 4 is 0 Å². The maximum Gasteiger partial charge on any atom is 0.240 e. The molecule has 2 aromatic rings. The summed E-state index contributed by atoms with van der Waals surface area (Å²) in [7, 11) is 0. The van der Waals surface area contributed by atoms with E-state index in [1.165, 1.54) is 0 Å². The zero-order valence-electron chi connectivity index (χ0n) is 9.92. The van der Waals surface area contributed by atoms with Crippen LogP contribution >= 0.6 is 0 Å². The molecule has 0 aromatic carbocycles. The van der Waals surface area contributed by atoms with Gasteiger partial charge in [-0.1, -0.05) is 19.0 Å². The summed E-state index contributed by atoms with van der Waals surface area (Å²) in [5.74, 6) is 1.70. The molecule has 1 atom stereocenters. The van der Waals surface area contributed by atoms with Crippen LogP contribution in [-0.2, 0) is 0 Å². The molecule has 0 saturated carbocycles. The molecule has 0 bridgehead atoms. The van der Waals surface area contributed by atoms with Gasteiger partial charge in [-0.25, -0.2) is 9.97 Å². The van der Waals surface area contributed by atoms with Crippen LogP contribution in [0.2, 0.25) is 0 Å². The van der Waals surface area contributed by atoms with Gasteiger partial charge in [0.25, 0.3) is 0 Å². The molecule has 2 heterocycles. The maximum atomic E-state index is 5.20. The molecule has 1 unspecified atom stereocenters. The van der Waals surface area contributed by atoms with Crippen molar-refractivity contribution in [2.24, 2.45) is 0 Å². The smallest absolute Gasteiger partial charge is 0.240 e. The first kappa shape index (κ1) is 11.7. The molecule has 0 saturated heterocycles. The SMILES string of the molecule is CCNCC(C)c1nc(-c2ncccn2)no1. The van der Waals surface area contributed by atoms with E-state index in [0.717, 1.165) is 13.1 Å². The average Bonchev–Trinajstić information content (AvgIpc) is 2.86. The molecule has 0 spiro atoms. The summed E-state index contributed by atoms with van der Waals surface area (Å²) >= 11 is 0. The summed E-state index contributed by atoms with van der Waals surface area (Å²) in [6.07, 6.45) is 3.31. The lowest BCUT2D eigenvalue weighted by Crippen LogP contribution is -2.19. The second-order valence-electron chi connectivity index (χ2n) is 3.74. The van der Waals surface area contributed by atoms with Gasteiger partial charge >= 0.3 is 0 Å². The highest BCUT2D eigenvalue weighted by Crippen LogP contribution is 2.15. The molecule has 6 heteroatoms. The molecule has 0 aliphatic rings. The number of nitrogens with zero attached hydrogens (tertiary/aromatic N) is 4. The number of hydrogen-bond acceptors (Lipinski definition) is 6. The van der Waals surface area contributed by atoms with Gasteiger partial charge in [0, 0.05) is 24.9 Å². The summed E-state index contributed by atoms with van der Waals surface area (Å²) in [4.78, 5) is 12.4. The van der Waals surface area contributed by atoms with Crippen LogP contribution in [0.1, 0.15) is 25.7 Å². The van der Waals surface area contributed by atoms with Crippen LogP contribution in [0.5, 0.6) is 0 Å². The van der Waals surface area contributed by atoms with E-state index >= 15 is 0 Å². The molecule has 0 amide bonds. The van der Waals surface area contributed by atoms with Gasteiger partial charge < -0.3 is 9.84 Å². The summed E-state index contributed by atoms with van der Waals surface area (Å²) in [6, 6.07) is 1.75. The fraction of sp³-hybridized carbons (Fsp3) is 0.455. The third-order valence-electron chi connectivity index (χ3n) is 2.33. The van der Waals surface area contributed by atoms with Crippen molar-refractivity contribution in [2.75, 3.05) is 13.1 Å². The Kier molecular flexibility index (Phi) is 3.77. The van der Waals surface area contributed by atoms with Crippen LogP contribution in [0.25, 0.3) is 11.6 Å². The first-order valence-corrected chi connectivity index (χ1v) is 5.63. The lowest BCUT2D eigenvalue weighted by atomic mass is 10.2. The van der Waals surface area contributed by atoms with Crippen molar-refractivity contribution < 1.29 is 4.52 Å². The predicted octanol–water partition coefficient (Wildman–Crippen LogP) is 1.24. The van der Waals surface area contributed by atoms with Crippen molar-refractivity contribution in [1.29, 1.82) is 0 Å². The Morgan fingerprint density at radius 2 is 2.06 bits per heavy atom. The molecule has 6 nitrogen and oxygen atoms in total. The molecule has 2 aromatic heterocycles. The second kappa shape index (κ2) is 5.49. The fourth-order valence-electron chi connectivity index (χ4n) is 1.39. The van der Waals surface area contributed by atoms with Gasteiger partial charge in [0.2, 0.25) is 17.5 Å². The minimum atomic E-state index is 0.180. The Morgan fingerprint density at radius 3 is 2.76 bits per heavy atom. The Bertz CT molecular complexity index is 456. The fourth-order valence-corrected chi connectivity index (χ4v) is 1.39. The lowest BCUT2D eigenvalue weighted by molar-refractivity contribution is 0.355. The minimum absolute atomic E-state index is 0.180. The summed E-state index contributed by atoms with van der Waals surface area (Å²) in [6.45, 7) is 5.83. The predicted molar refractivity (Wildman–Crippen MR) is 62.3 cm³/mol. The first-order chi connectivity index (χ1) is 8.31. The summed E-state index contributed by atoms with van der Waals surface area (Å²) in [5.41, 5.74) is 0. The largest absolute Gasteiger partial charge is 0.339 e. The standard InChI is InChI=1S/C11H15N5O/c1-3-12-7-8(2)11-15-10(16-17-11)9-13-5-4-6-14-9/h4-6,8,12H,3,7H2,1-2H3. The van der Waals surface area contributed by atoms with Gasteiger partial charge in [-0.15, -0.1) is 0 Å². The van der Waals surface area contributed by atoms with Crippen LogP contribution in [0, 0.1) is 0 Å². The second-order valence-corrected chi connectivity index (χ2v) is 3.74. The topological polar surface area (TPSA) is 76.7 Å². The van der Waals surface area contributed by atoms with E-state index in [2.05, 4.69) is 32.3 Å². The van der Waals surface area contributed by atoms with Gasteiger partial charge in [-0.2, -0.15) is 4.98 Å². The van der Waals surface area contributed by atoms with Gasteiger partial charge in [-0.05, 0) is 12.6 Å². The summed E-state index contributed by atoms with van der Waals surface area (Å²) < 4.78 is 5.20. The molecular formula is C11H15N5O. The van der Waals surface area contributed by atoms with E-state index in [1.807, 2.05) is 6.92 Å². The third-order valence-corrected chi connectivity index (χ3v) is 2.33. The van der Waals surface area contributed by atoms with Crippen molar-refractivity contribution in [1.82, 2.24) is 25.4 Å². The van der Waals surface area contributed by atoms with E-state index in [-0.39, 0.29) is 5.92 Å². The monoisotopic (exact) mass is 233 g/mol. The van der Waals surface area contributed by atoms with Crippen molar-refractivity contribution in [3.8, 4) is 11.6 Å². The number of hydrogen-bond donors (Lipinski definition) is 1. The highest BCUT2D eigenvalue weighted by Gasteiger charge is 2.15. The number of aromatic nitrogens is 4. The number of likely N-dealkylation sites (N-methyl/N-ethyl adjacent to an activating group) is 1. The quantitative estimate of drug-likeness (QED) is 0.837. The molecule has 1 N–H and O–H groups in total. The highest BCUT2D eigenvalue weighted by molar-refractivity contribution is 5.40. The molecule has 0 radical (unpaired) electrons. The minimum Gasteiger partial charge on any atom is -0.339 e. The Morgan fingerprint density at radius 1 is 1.29 bits per heavy atom. The molecule has 0 aliphatic carbocycles. The van der Waals surface area contributed by atoms with Crippen molar-refractivity contribution in [3.63, 3.8) is 0 Å². The number of nitrogens with one attached hydrogen (secondary N) is 1. The maximum absolute atomic E-state index is 5.20. The molecular weight excluding hydrogens is 218 g/mol. The number of rotatable bonds is 5. The Hall–Kier alpha value is -1.82. The van der Waals surface area contributed by atoms with Crippen LogP contribution in [-0.4, -0.2) is 33.2 Å². The van der Waals surface area contributed by atoms with E-state index in [1.54, 1.807) is 18.5 Å². The molecule has 0 aliphatic heterocycles. The van der Waals surface area contributed by atoms with E-state index < -0.39 is 0 Å². The third kappa shape index (κ3) is 2.85. The normalized spacial score (nSPS) is 12.6. The first-order valence-electron chi connectivity index (χ1n) is 5.63. The molecule has 2 rings (SSSR count). The van der Waals surface area contributed by atoms with Crippen LogP contribution in [0.15, 0.2) is 23.0 Å². The van der Waals surface area contributed by atoms with Crippen LogP contribution < -0.4 is 5.32 Å².